The van der Waals surface area contributed by atoms with Gasteiger partial charge in [0.1, 0.15) is 0 Å². The van der Waals surface area contributed by atoms with Crippen molar-refractivity contribution < 1.29 is 0 Å². The molecule has 0 aliphatic heterocycles. The maximum atomic E-state index is 2.70. The molecule has 522 valence electrons. The monoisotopic (exact) mass is 1380 g/mol. The molecule has 0 radical (unpaired) electrons. The van der Waals surface area contributed by atoms with Gasteiger partial charge in [0, 0.05) is 50.0 Å². The Hall–Kier alpha value is -10.5. The van der Waals surface area contributed by atoms with Gasteiger partial charge < -0.3 is 14.7 Å². The van der Waals surface area contributed by atoms with E-state index in [0.717, 1.165) is 45.5 Å². The summed E-state index contributed by atoms with van der Waals surface area (Å²) >= 11 is 0. The Balaban J connectivity index is 1.09. The highest BCUT2D eigenvalue weighted by Crippen LogP contribution is 2.68. The fraction of sp³-hybridized carbons (Fsp3) is 0.228. The van der Waals surface area contributed by atoms with E-state index in [4.69, 9.17) is 0 Å². The summed E-state index contributed by atoms with van der Waals surface area (Å²) in [5.41, 5.74) is 26.4. The molecule has 105 heavy (non-hydrogen) atoms. The molecule has 3 nitrogen and oxygen atoms in total. The van der Waals surface area contributed by atoms with E-state index in [2.05, 4.69) is 422 Å². The van der Waals surface area contributed by atoms with Gasteiger partial charge in [-0.15, -0.1) is 0 Å². The van der Waals surface area contributed by atoms with Crippen molar-refractivity contribution in [2.45, 2.75) is 149 Å². The van der Waals surface area contributed by atoms with Crippen LogP contribution in [0.1, 0.15) is 153 Å². The molecule has 2 aliphatic rings. The zero-order chi connectivity index (χ0) is 73.5. The second-order valence-electron chi connectivity index (χ2n) is 35.4. The highest BCUT2D eigenvalue weighted by molar-refractivity contribution is 6.88. The van der Waals surface area contributed by atoms with E-state index in [1.807, 2.05) is 0 Å². The molecule has 14 aromatic rings. The van der Waals surface area contributed by atoms with E-state index in [1.165, 1.54) is 121 Å². The Bertz CT molecular complexity index is 5600. The standard InChI is InChI=1S/C101H99N3Si/c1-96(2,3)68-40-52-74(53-41-68)102(75-54-42-69(43-55-75)97(4,5)6)76-60-48-72(49-61-76)101(73-50-62-79(63-51-73)105(15,16)17)86-64-90(103(77-56-44-70(45-57-77)98(7,8)9)88-38-26-30-66-28-18-20-32-80(66)88)82-34-22-23-35-83(82)92(86)94-87(101)65-91(95-93(94)84-36-24-25-37-85(84)100(95,13)14)104(78-58-46-71(47-59-78)99(10,11)12)89-39-27-31-67-29-19-21-33-81(67)89/h18-65H,1-17H3. The maximum Gasteiger partial charge on any atom is 0.0775 e. The van der Waals surface area contributed by atoms with Gasteiger partial charge in [-0.25, -0.2) is 0 Å². The molecule has 0 N–H and O–H groups in total. The average molecular weight is 1380 g/mol. The highest BCUT2D eigenvalue weighted by Gasteiger charge is 2.53. The molecule has 0 aromatic heterocycles. The third-order valence-electron chi connectivity index (χ3n) is 23.1. The lowest BCUT2D eigenvalue weighted by Gasteiger charge is -2.38. The smallest absolute Gasteiger partial charge is 0.0775 e. The van der Waals surface area contributed by atoms with E-state index >= 15 is 0 Å². The van der Waals surface area contributed by atoms with Crippen LogP contribution in [0.3, 0.4) is 0 Å². The van der Waals surface area contributed by atoms with Gasteiger partial charge in [0.15, 0.2) is 0 Å². The van der Waals surface area contributed by atoms with E-state index < -0.39 is 18.9 Å². The van der Waals surface area contributed by atoms with Crippen molar-refractivity contribution in [2.24, 2.45) is 0 Å². The van der Waals surface area contributed by atoms with Crippen LogP contribution in [-0.2, 0) is 32.5 Å². The molecular formula is C101H99N3Si. The molecule has 1 unspecified atom stereocenters. The van der Waals surface area contributed by atoms with Crippen LogP contribution in [0, 0.1) is 0 Å². The van der Waals surface area contributed by atoms with Crippen LogP contribution in [0.15, 0.2) is 291 Å². The molecule has 2 aliphatic carbocycles. The molecule has 4 heteroatoms. The average Bonchev–Trinajstić information content (AvgIpc) is 1.50. The van der Waals surface area contributed by atoms with Crippen LogP contribution in [0.2, 0.25) is 19.6 Å². The Morgan fingerprint density at radius 2 is 0.619 bits per heavy atom. The molecule has 14 aromatic carbocycles. The number of benzene rings is 14. The van der Waals surface area contributed by atoms with Gasteiger partial charge in [0.2, 0.25) is 0 Å². The molecule has 0 bridgehead atoms. The summed E-state index contributed by atoms with van der Waals surface area (Å²) in [7, 11) is -1.86. The third kappa shape index (κ3) is 11.6. The minimum absolute atomic E-state index is 0.0105. The van der Waals surface area contributed by atoms with Crippen molar-refractivity contribution in [1.82, 2.24) is 0 Å². The van der Waals surface area contributed by atoms with Crippen molar-refractivity contribution in [1.29, 1.82) is 0 Å². The number of hydrogen-bond donors (Lipinski definition) is 0. The summed E-state index contributed by atoms with van der Waals surface area (Å²) in [5.74, 6) is 0. The third-order valence-corrected chi connectivity index (χ3v) is 25.2. The van der Waals surface area contributed by atoms with E-state index in [9.17, 15) is 0 Å². The van der Waals surface area contributed by atoms with Crippen LogP contribution in [0.5, 0.6) is 0 Å². The summed E-state index contributed by atoms with van der Waals surface area (Å²) in [4.78, 5) is 7.70. The molecular weight excluding hydrogens is 1280 g/mol. The summed E-state index contributed by atoms with van der Waals surface area (Å²) in [5, 5.41) is 8.59. The molecule has 0 saturated heterocycles. The van der Waals surface area contributed by atoms with Crippen LogP contribution in [0.4, 0.5) is 51.2 Å². The molecule has 0 heterocycles. The minimum Gasteiger partial charge on any atom is -0.311 e. The molecule has 0 saturated carbocycles. The molecule has 0 spiro atoms. The number of fused-ring (bicyclic) bond motifs is 11. The Kier molecular flexibility index (Phi) is 16.5. The van der Waals surface area contributed by atoms with E-state index in [-0.39, 0.29) is 21.7 Å². The Morgan fingerprint density at radius 3 is 1.06 bits per heavy atom. The first kappa shape index (κ1) is 68.9. The van der Waals surface area contributed by atoms with Crippen molar-refractivity contribution in [3.8, 4) is 22.3 Å². The fourth-order valence-corrected chi connectivity index (χ4v) is 18.5. The van der Waals surface area contributed by atoms with Gasteiger partial charge in [0.25, 0.3) is 0 Å². The predicted molar refractivity (Wildman–Crippen MR) is 456 cm³/mol. The maximum absolute atomic E-state index is 2.70. The van der Waals surface area contributed by atoms with Gasteiger partial charge >= 0.3 is 0 Å². The minimum atomic E-state index is -1.86. The first-order valence-electron chi connectivity index (χ1n) is 37.9. The Morgan fingerprint density at radius 1 is 0.276 bits per heavy atom. The number of nitrogens with zero attached hydrogens (tertiary/aromatic N) is 3. The normalized spacial score (nSPS) is 14.8. The lowest BCUT2D eigenvalue weighted by Crippen LogP contribution is -2.38. The number of anilines is 9. The summed E-state index contributed by atoms with van der Waals surface area (Å²) in [6.45, 7) is 40.1. The molecule has 1 atom stereocenters. The fourth-order valence-electron chi connectivity index (χ4n) is 17.3. The van der Waals surface area contributed by atoms with Gasteiger partial charge in [-0.1, -0.05) is 328 Å². The second kappa shape index (κ2) is 25.1. The predicted octanol–water partition coefficient (Wildman–Crippen LogP) is 28.0. The molecule has 16 rings (SSSR count). The van der Waals surface area contributed by atoms with Gasteiger partial charge in [-0.3, -0.25) is 0 Å². The van der Waals surface area contributed by atoms with Crippen molar-refractivity contribution in [3.63, 3.8) is 0 Å². The summed E-state index contributed by atoms with van der Waals surface area (Å²) in [6.07, 6.45) is 0. The topological polar surface area (TPSA) is 9.72 Å². The zero-order valence-corrected chi connectivity index (χ0v) is 65.6. The molecule has 0 amide bonds. The quantitative estimate of drug-likeness (QED) is 0.113. The van der Waals surface area contributed by atoms with Gasteiger partial charge in [-0.2, -0.15) is 0 Å². The lowest BCUT2D eigenvalue weighted by atomic mass is 9.66. The van der Waals surface area contributed by atoms with Crippen LogP contribution in [-0.4, -0.2) is 8.07 Å². The van der Waals surface area contributed by atoms with Gasteiger partial charge in [0.05, 0.1) is 36.2 Å². The van der Waals surface area contributed by atoms with E-state index in [1.54, 1.807) is 0 Å². The largest absolute Gasteiger partial charge is 0.311 e. The molecule has 0 fully saturated rings. The van der Waals surface area contributed by atoms with Crippen LogP contribution < -0.4 is 19.9 Å². The van der Waals surface area contributed by atoms with Crippen molar-refractivity contribution in [3.05, 3.63) is 347 Å². The lowest BCUT2D eigenvalue weighted by molar-refractivity contribution is 0.590. The van der Waals surface area contributed by atoms with Crippen LogP contribution >= 0.6 is 0 Å². The van der Waals surface area contributed by atoms with Crippen molar-refractivity contribution >= 4 is 96.8 Å². The number of rotatable bonds is 12. The first-order chi connectivity index (χ1) is 50.0. The number of hydrogen-bond acceptors (Lipinski definition) is 3. The first-order valence-corrected chi connectivity index (χ1v) is 41.4. The SMILES string of the molecule is CC(C)(C)c1ccc(N(c2ccc(C(C)(C)C)cc2)c2ccc(C3(c4ccc([Si](C)(C)C)cc4)c4cc(N(c5ccc(C(C)(C)C)cc5)c5cccc6ccccc56)c5c(c4-c4c3cc(N(c3ccc(C(C)(C)C)cc3)c3cccc6ccccc36)c3ccccc43)-c3ccccc3C5(C)C)cc2)cc1. The Labute approximate surface area is 625 Å². The highest BCUT2D eigenvalue weighted by atomic mass is 28.3. The van der Waals surface area contributed by atoms with Crippen LogP contribution in [0.25, 0.3) is 54.6 Å². The second-order valence-corrected chi connectivity index (χ2v) is 40.5. The van der Waals surface area contributed by atoms with Gasteiger partial charge in [-0.05, 0) is 201 Å². The summed E-state index contributed by atoms with van der Waals surface area (Å²) < 4.78 is 0. The zero-order valence-electron chi connectivity index (χ0n) is 64.6. The summed E-state index contributed by atoms with van der Waals surface area (Å²) in [6, 6.07) is 113. The van der Waals surface area contributed by atoms with Crippen molar-refractivity contribution in [2.75, 3.05) is 14.7 Å². The van der Waals surface area contributed by atoms with E-state index in [0.29, 0.717) is 0 Å².